The van der Waals surface area contributed by atoms with E-state index in [1.165, 1.54) is 0 Å². The number of nitrogens with one attached hydrogen (secondary N) is 5. The smallest absolute Gasteiger partial charge is 0.323 e. The zero-order valence-corrected chi connectivity index (χ0v) is 41.7. The van der Waals surface area contributed by atoms with Crippen LogP contribution in [0.2, 0.25) is 16.6 Å². The predicted molar refractivity (Wildman–Crippen MR) is 272 cm³/mol. The molecular formula is C51H65N7O6SSi. The molecule has 1 aliphatic rings. The second-order valence-electron chi connectivity index (χ2n) is 18.9. The Morgan fingerprint density at radius 3 is 2.18 bits per heavy atom. The molecule has 5 N–H and O–H groups in total. The molecule has 3 amide bonds. The van der Waals surface area contributed by atoms with Gasteiger partial charge in [-0.15, -0.1) is 5.54 Å². The normalized spacial score (nSPS) is 13.6. The van der Waals surface area contributed by atoms with Crippen molar-refractivity contribution in [1.29, 1.82) is 0 Å². The first-order chi connectivity index (χ1) is 31.2. The number of hydrogen-bond acceptors (Lipinski definition) is 9. The zero-order chi connectivity index (χ0) is 47.8. The highest BCUT2D eigenvalue weighted by molar-refractivity contribution is 7.92. The minimum absolute atomic E-state index is 0.173. The number of morpholine rings is 1. The van der Waals surface area contributed by atoms with Crippen molar-refractivity contribution in [3.8, 4) is 23.0 Å². The summed E-state index contributed by atoms with van der Waals surface area (Å²) in [7, 11) is -5.61. The van der Waals surface area contributed by atoms with Crippen LogP contribution in [0.4, 0.5) is 33.4 Å². The number of carbonyl (C=O) groups excluding carboxylic acids is 2. The molecule has 1 aromatic heterocycles. The average molecular weight is 932 g/mol. The highest BCUT2D eigenvalue weighted by atomic mass is 32.2. The van der Waals surface area contributed by atoms with E-state index in [2.05, 4.69) is 88.9 Å². The number of aromatic nitrogens is 1. The molecule has 0 atom stereocenters. The van der Waals surface area contributed by atoms with Crippen molar-refractivity contribution < 1.29 is 27.5 Å². The molecule has 0 spiro atoms. The summed E-state index contributed by atoms with van der Waals surface area (Å²) >= 11 is 0. The SMILES string of the molecule is CC(C)[Si](C#Cc1cc(Nc2cc(Oc3ccc(NC(=O)Nc4cc(NS(C)(=O)=O)cc(C(C)(C)C)c4)c4ccccc34)ccn2)cc(C(=O)NCCN2CCOCC2)c1)(C(C)C)C(C)C. The lowest BCUT2D eigenvalue weighted by Crippen LogP contribution is -2.43. The van der Waals surface area contributed by atoms with E-state index in [1.807, 2.05) is 69.3 Å². The van der Waals surface area contributed by atoms with Gasteiger partial charge < -0.3 is 30.7 Å². The lowest BCUT2D eigenvalue weighted by atomic mass is 9.86. The van der Waals surface area contributed by atoms with Gasteiger partial charge in [-0.1, -0.05) is 92.5 Å². The van der Waals surface area contributed by atoms with Crippen molar-refractivity contribution in [1.82, 2.24) is 15.2 Å². The van der Waals surface area contributed by atoms with Crippen molar-refractivity contribution >= 4 is 69.4 Å². The molecule has 0 unspecified atom stereocenters. The number of nitrogens with zero attached hydrogens (tertiary/aromatic N) is 2. The monoisotopic (exact) mass is 931 g/mol. The van der Waals surface area contributed by atoms with Crippen molar-refractivity contribution in [2.45, 2.75) is 84.4 Å². The van der Waals surface area contributed by atoms with Gasteiger partial charge in [0.25, 0.3) is 5.91 Å². The summed E-state index contributed by atoms with van der Waals surface area (Å²) in [6.45, 7) is 24.1. The van der Waals surface area contributed by atoms with Gasteiger partial charge in [0, 0.05) is 71.7 Å². The first kappa shape index (κ1) is 49.5. The maximum Gasteiger partial charge on any atom is 0.323 e. The van der Waals surface area contributed by atoms with Gasteiger partial charge in [0.2, 0.25) is 10.0 Å². The fourth-order valence-corrected chi connectivity index (χ4v) is 14.5. The van der Waals surface area contributed by atoms with Crippen molar-refractivity contribution in [2.75, 3.05) is 66.3 Å². The Kier molecular flexibility index (Phi) is 15.9. The summed E-state index contributed by atoms with van der Waals surface area (Å²) in [5, 5.41) is 13.9. The standard InChI is InChI=1S/C51H65N7O6SSi/c1-34(2)66(35(3)4,36(5)6)26-18-37-27-38(49(59)53-20-21-58-22-24-63-25-23-58)29-40(28-37)54-48-33-43(17-19-52-48)64-47-16-15-46(44-13-11-12-14-45(44)47)56-50(60)55-41-30-39(51(7,8)9)31-42(32-41)57-65(10,61)62/h11-17,19,27-36,57H,20-25H2,1-10H3,(H,52,54)(H,53,59)(H2,55,56,60). The van der Waals surface area contributed by atoms with Gasteiger partial charge in [-0.2, -0.15) is 0 Å². The van der Waals surface area contributed by atoms with Crippen LogP contribution in [0.15, 0.2) is 91.1 Å². The number of ether oxygens (including phenoxy) is 2. The molecule has 13 nitrogen and oxygen atoms in total. The first-order valence-electron chi connectivity index (χ1n) is 22.6. The summed E-state index contributed by atoms with van der Waals surface area (Å²) in [6, 6.07) is 25.1. The van der Waals surface area contributed by atoms with Crippen molar-refractivity contribution in [3.63, 3.8) is 0 Å². The van der Waals surface area contributed by atoms with Gasteiger partial charge in [-0.25, -0.2) is 18.2 Å². The minimum atomic E-state index is -3.54. The van der Waals surface area contributed by atoms with E-state index >= 15 is 0 Å². The molecule has 0 saturated carbocycles. The highest BCUT2D eigenvalue weighted by Gasteiger charge is 2.41. The van der Waals surface area contributed by atoms with Crippen LogP contribution in [-0.2, 0) is 20.2 Å². The molecule has 66 heavy (non-hydrogen) atoms. The average Bonchev–Trinajstić information content (AvgIpc) is 3.24. The van der Waals surface area contributed by atoms with E-state index in [0.29, 0.717) is 82.0 Å². The molecule has 1 aliphatic heterocycles. The topological polar surface area (TPSA) is 163 Å². The first-order valence-corrected chi connectivity index (χ1v) is 26.7. The number of sulfonamides is 1. The Labute approximate surface area is 391 Å². The third-order valence-corrected chi connectivity index (χ3v) is 18.9. The molecule has 4 aromatic carbocycles. The third kappa shape index (κ3) is 12.9. The van der Waals surface area contributed by atoms with Gasteiger partial charge in [-0.3, -0.25) is 14.4 Å². The molecular weight excluding hydrogens is 867 g/mol. The lowest BCUT2D eigenvalue weighted by Gasteiger charge is -2.38. The number of anilines is 5. The highest BCUT2D eigenvalue weighted by Crippen LogP contribution is 2.41. The summed E-state index contributed by atoms with van der Waals surface area (Å²) in [4.78, 5) is 34.0. The lowest BCUT2D eigenvalue weighted by molar-refractivity contribution is 0.0383. The van der Waals surface area contributed by atoms with Gasteiger partial charge in [0.1, 0.15) is 25.4 Å². The van der Waals surface area contributed by atoms with Gasteiger partial charge in [0.05, 0.1) is 30.8 Å². The van der Waals surface area contributed by atoms with Gasteiger partial charge >= 0.3 is 6.03 Å². The van der Waals surface area contributed by atoms with Gasteiger partial charge in [0.15, 0.2) is 0 Å². The molecule has 2 heterocycles. The maximum atomic E-state index is 13.7. The second kappa shape index (κ2) is 21.1. The van der Waals surface area contributed by atoms with Crippen LogP contribution >= 0.6 is 0 Å². The number of urea groups is 1. The number of carbonyl (C=O) groups is 2. The number of fused-ring (bicyclic) bond motifs is 1. The minimum Gasteiger partial charge on any atom is -0.457 e. The number of pyridine rings is 1. The van der Waals surface area contributed by atoms with Crippen LogP contribution in [0.3, 0.4) is 0 Å². The summed E-state index contributed by atoms with van der Waals surface area (Å²) in [6.07, 6.45) is 2.74. The fourth-order valence-electron chi connectivity index (χ4n) is 8.75. The maximum absolute atomic E-state index is 13.7. The van der Waals surface area contributed by atoms with Crippen LogP contribution in [0.1, 0.15) is 83.8 Å². The molecule has 1 fully saturated rings. The van der Waals surface area contributed by atoms with Crippen LogP contribution in [0, 0.1) is 11.5 Å². The molecule has 15 heteroatoms. The summed E-state index contributed by atoms with van der Waals surface area (Å²) < 4.78 is 38.6. The van der Waals surface area contributed by atoms with Crippen molar-refractivity contribution in [3.05, 3.63) is 108 Å². The van der Waals surface area contributed by atoms with E-state index in [0.717, 1.165) is 47.8 Å². The number of benzene rings is 4. The number of hydrogen-bond donors (Lipinski definition) is 5. The summed E-state index contributed by atoms with van der Waals surface area (Å²) in [5.41, 5.74) is 8.97. The Bertz CT molecular complexity index is 2700. The predicted octanol–water partition coefficient (Wildman–Crippen LogP) is 10.7. The second-order valence-corrected chi connectivity index (χ2v) is 26.2. The van der Waals surface area contributed by atoms with E-state index in [-0.39, 0.29) is 11.3 Å². The van der Waals surface area contributed by atoms with E-state index in [4.69, 9.17) is 9.47 Å². The van der Waals surface area contributed by atoms with E-state index < -0.39 is 24.1 Å². The Balaban J connectivity index is 1.23. The molecule has 350 valence electrons. The van der Waals surface area contributed by atoms with Crippen LogP contribution in [0.25, 0.3) is 10.8 Å². The zero-order valence-electron chi connectivity index (χ0n) is 39.9. The summed E-state index contributed by atoms with van der Waals surface area (Å²) in [5.74, 6) is 4.95. The Morgan fingerprint density at radius 2 is 1.52 bits per heavy atom. The number of amides is 3. The molecule has 1 saturated heterocycles. The van der Waals surface area contributed by atoms with Crippen LogP contribution in [-0.4, -0.2) is 84.0 Å². The molecule has 0 aliphatic carbocycles. The van der Waals surface area contributed by atoms with Crippen molar-refractivity contribution in [2.24, 2.45) is 0 Å². The van der Waals surface area contributed by atoms with Gasteiger partial charge in [-0.05, 0) is 82.2 Å². The van der Waals surface area contributed by atoms with Crippen LogP contribution in [0.5, 0.6) is 11.5 Å². The Morgan fingerprint density at radius 1 is 0.833 bits per heavy atom. The number of rotatable bonds is 15. The molecule has 0 radical (unpaired) electrons. The molecule has 5 aromatic rings. The third-order valence-electron chi connectivity index (χ3n) is 12.0. The fraction of sp³-hybridized carbons (Fsp3) is 0.392. The largest absolute Gasteiger partial charge is 0.457 e. The molecule has 0 bridgehead atoms. The van der Waals surface area contributed by atoms with E-state index in [1.54, 1.807) is 42.6 Å². The van der Waals surface area contributed by atoms with Crippen LogP contribution < -0.4 is 30.7 Å². The molecule has 6 rings (SSSR count). The Hall–Kier alpha value is -5.92. The quantitative estimate of drug-likeness (QED) is 0.0508. The van der Waals surface area contributed by atoms with E-state index in [9.17, 15) is 18.0 Å².